The van der Waals surface area contributed by atoms with Gasteiger partial charge in [0.15, 0.2) is 17.4 Å². The first-order valence-corrected chi connectivity index (χ1v) is 11.6. The standard InChI is InChI=1S/C20H22N8O4S/c1-12-9-16(26-25-12)22-19-18(31-3)17(13-10-21-28(2)11-13)23-20(24-19)32-15-7-5-14(6-8-15)27-33(4,29)30/h5-11,27H,1-4H3,(H2,22,23,24,25,26). The van der Waals surface area contributed by atoms with Gasteiger partial charge in [-0.25, -0.2) is 8.42 Å². The van der Waals surface area contributed by atoms with Crippen molar-refractivity contribution in [3.63, 3.8) is 0 Å². The minimum atomic E-state index is -3.38. The van der Waals surface area contributed by atoms with Crippen molar-refractivity contribution in [2.24, 2.45) is 7.05 Å². The van der Waals surface area contributed by atoms with E-state index in [4.69, 9.17) is 9.47 Å². The number of sulfonamides is 1. The maximum atomic E-state index is 11.4. The van der Waals surface area contributed by atoms with Crippen molar-refractivity contribution in [3.8, 4) is 28.8 Å². The third kappa shape index (κ3) is 5.38. The SMILES string of the molecule is COc1c(Nc2cc(C)[nH]n2)nc(Oc2ccc(NS(C)(=O)=O)cc2)nc1-c1cnn(C)c1. The van der Waals surface area contributed by atoms with Crippen LogP contribution in [0.5, 0.6) is 17.5 Å². The summed E-state index contributed by atoms with van der Waals surface area (Å²) in [7, 11) is -0.0593. The Bertz CT molecular complexity index is 1380. The van der Waals surface area contributed by atoms with Crippen LogP contribution in [0.15, 0.2) is 42.7 Å². The van der Waals surface area contributed by atoms with Crippen LogP contribution in [0.4, 0.5) is 17.3 Å². The number of aromatic nitrogens is 6. The summed E-state index contributed by atoms with van der Waals surface area (Å²) in [4.78, 5) is 8.98. The fourth-order valence-corrected chi connectivity index (χ4v) is 3.57. The molecule has 0 spiro atoms. The van der Waals surface area contributed by atoms with Crippen LogP contribution in [0.25, 0.3) is 11.3 Å². The van der Waals surface area contributed by atoms with Crippen molar-refractivity contribution in [2.45, 2.75) is 6.92 Å². The highest BCUT2D eigenvalue weighted by molar-refractivity contribution is 7.92. The minimum absolute atomic E-state index is 0.0493. The maximum absolute atomic E-state index is 11.4. The van der Waals surface area contributed by atoms with Crippen molar-refractivity contribution in [2.75, 3.05) is 23.4 Å². The Morgan fingerprint density at radius 1 is 1.15 bits per heavy atom. The molecule has 0 aliphatic heterocycles. The van der Waals surface area contributed by atoms with Crippen LogP contribution in [-0.4, -0.2) is 51.7 Å². The molecule has 3 N–H and O–H groups in total. The van der Waals surface area contributed by atoms with Gasteiger partial charge in [0.05, 0.1) is 19.6 Å². The molecule has 0 bridgehead atoms. The van der Waals surface area contributed by atoms with E-state index >= 15 is 0 Å². The molecule has 3 heterocycles. The monoisotopic (exact) mass is 470 g/mol. The number of nitrogens with zero attached hydrogens (tertiary/aromatic N) is 5. The van der Waals surface area contributed by atoms with E-state index in [0.29, 0.717) is 40.1 Å². The molecule has 0 atom stereocenters. The summed E-state index contributed by atoms with van der Waals surface area (Å²) in [6.45, 7) is 1.88. The molecule has 33 heavy (non-hydrogen) atoms. The second-order valence-corrected chi connectivity index (χ2v) is 8.95. The molecule has 0 fully saturated rings. The Morgan fingerprint density at radius 3 is 2.48 bits per heavy atom. The van der Waals surface area contributed by atoms with Gasteiger partial charge in [-0.1, -0.05) is 0 Å². The lowest BCUT2D eigenvalue weighted by molar-refractivity contribution is 0.404. The molecule has 0 unspecified atom stereocenters. The van der Waals surface area contributed by atoms with Gasteiger partial charge in [0.25, 0.3) is 0 Å². The zero-order chi connectivity index (χ0) is 23.6. The van der Waals surface area contributed by atoms with Gasteiger partial charge in [-0.05, 0) is 31.2 Å². The smallest absolute Gasteiger partial charge is 0.324 e. The lowest BCUT2D eigenvalue weighted by Crippen LogP contribution is -2.09. The van der Waals surface area contributed by atoms with Crippen LogP contribution in [0.3, 0.4) is 0 Å². The number of nitrogens with one attached hydrogen (secondary N) is 3. The molecule has 0 saturated carbocycles. The van der Waals surface area contributed by atoms with Crippen LogP contribution in [-0.2, 0) is 17.1 Å². The highest BCUT2D eigenvalue weighted by Gasteiger charge is 2.20. The average Bonchev–Trinajstić information content (AvgIpc) is 3.36. The normalized spacial score (nSPS) is 11.3. The van der Waals surface area contributed by atoms with Gasteiger partial charge >= 0.3 is 6.01 Å². The Balaban J connectivity index is 1.71. The topological polar surface area (TPSA) is 149 Å². The largest absolute Gasteiger partial charge is 0.491 e. The molecule has 13 heteroatoms. The van der Waals surface area contributed by atoms with Gasteiger partial charge in [0.2, 0.25) is 10.0 Å². The van der Waals surface area contributed by atoms with Crippen molar-refractivity contribution in [3.05, 3.63) is 48.4 Å². The first-order chi connectivity index (χ1) is 15.7. The van der Waals surface area contributed by atoms with Gasteiger partial charge in [0, 0.05) is 36.3 Å². The predicted octanol–water partition coefficient (Wildman–Crippen LogP) is 2.82. The maximum Gasteiger partial charge on any atom is 0.324 e. The predicted molar refractivity (Wildman–Crippen MR) is 122 cm³/mol. The number of anilines is 3. The quantitative estimate of drug-likeness (QED) is 0.353. The summed E-state index contributed by atoms with van der Waals surface area (Å²) < 4.78 is 38.3. The number of benzene rings is 1. The third-order valence-corrected chi connectivity index (χ3v) is 4.95. The van der Waals surface area contributed by atoms with E-state index in [2.05, 4.69) is 35.3 Å². The van der Waals surface area contributed by atoms with E-state index < -0.39 is 10.0 Å². The average molecular weight is 471 g/mol. The highest BCUT2D eigenvalue weighted by Crippen LogP contribution is 2.37. The second kappa shape index (κ2) is 8.78. The summed E-state index contributed by atoms with van der Waals surface area (Å²) >= 11 is 0. The van der Waals surface area contributed by atoms with Crippen molar-refractivity contribution in [1.29, 1.82) is 0 Å². The Kier molecular flexibility index (Phi) is 5.87. The van der Waals surface area contributed by atoms with Gasteiger partial charge < -0.3 is 14.8 Å². The third-order valence-electron chi connectivity index (χ3n) is 4.35. The van der Waals surface area contributed by atoms with Gasteiger partial charge in [-0.3, -0.25) is 14.5 Å². The zero-order valence-corrected chi connectivity index (χ0v) is 19.1. The number of hydrogen-bond donors (Lipinski definition) is 3. The van der Waals surface area contributed by atoms with Crippen LogP contribution in [0, 0.1) is 6.92 Å². The number of aryl methyl sites for hydroxylation is 2. The van der Waals surface area contributed by atoms with Crippen LogP contribution in [0.2, 0.25) is 0 Å². The number of methoxy groups -OCH3 is 1. The number of aromatic amines is 1. The van der Waals surface area contributed by atoms with Crippen LogP contribution >= 0.6 is 0 Å². The molecule has 4 rings (SSSR count). The van der Waals surface area contributed by atoms with Crippen molar-refractivity contribution in [1.82, 2.24) is 29.9 Å². The van der Waals surface area contributed by atoms with Crippen LogP contribution in [0.1, 0.15) is 5.69 Å². The molecule has 0 saturated heterocycles. The molecule has 0 aliphatic rings. The second-order valence-electron chi connectivity index (χ2n) is 7.20. The summed E-state index contributed by atoms with van der Waals surface area (Å²) in [6, 6.07) is 8.23. The number of ether oxygens (including phenoxy) is 2. The first-order valence-electron chi connectivity index (χ1n) is 9.70. The zero-order valence-electron chi connectivity index (χ0n) is 18.3. The molecule has 3 aromatic heterocycles. The number of rotatable bonds is 8. The van der Waals surface area contributed by atoms with E-state index in [1.54, 1.807) is 48.4 Å². The lowest BCUT2D eigenvalue weighted by Gasteiger charge is -2.14. The first kappa shape index (κ1) is 22.1. The summed E-state index contributed by atoms with van der Waals surface area (Å²) in [6.07, 6.45) is 4.53. The van der Waals surface area contributed by atoms with E-state index in [0.717, 1.165) is 11.9 Å². The highest BCUT2D eigenvalue weighted by atomic mass is 32.2. The van der Waals surface area contributed by atoms with Crippen molar-refractivity contribution >= 4 is 27.3 Å². The Morgan fingerprint density at radius 2 is 1.91 bits per heavy atom. The molecular weight excluding hydrogens is 448 g/mol. The Hall–Kier alpha value is -4.13. The molecule has 0 amide bonds. The minimum Gasteiger partial charge on any atom is -0.491 e. The molecule has 12 nitrogen and oxygen atoms in total. The fourth-order valence-electron chi connectivity index (χ4n) is 3.01. The molecule has 4 aromatic rings. The van der Waals surface area contributed by atoms with E-state index in [9.17, 15) is 8.42 Å². The summed E-state index contributed by atoms with van der Waals surface area (Å²) in [5.74, 6) is 1.70. The van der Waals surface area contributed by atoms with Gasteiger partial charge in [-0.2, -0.15) is 20.2 Å². The van der Waals surface area contributed by atoms with Crippen molar-refractivity contribution < 1.29 is 17.9 Å². The van der Waals surface area contributed by atoms with E-state index in [-0.39, 0.29) is 6.01 Å². The number of H-pyrrole nitrogens is 1. The molecule has 172 valence electrons. The van der Waals surface area contributed by atoms with E-state index in [1.807, 2.05) is 13.0 Å². The molecule has 1 aromatic carbocycles. The summed E-state index contributed by atoms with van der Waals surface area (Å²) in [5, 5.41) is 14.4. The molecule has 0 aliphatic carbocycles. The number of hydrogen-bond acceptors (Lipinski definition) is 9. The Labute approximate surface area is 190 Å². The van der Waals surface area contributed by atoms with Gasteiger partial charge in [-0.15, -0.1) is 0 Å². The fraction of sp³-hybridized carbons (Fsp3) is 0.200. The summed E-state index contributed by atoms with van der Waals surface area (Å²) in [5.41, 5.74) is 2.46. The molecule has 0 radical (unpaired) electrons. The van der Waals surface area contributed by atoms with E-state index in [1.165, 1.54) is 7.11 Å². The lowest BCUT2D eigenvalue weighted by atomic mass is 10.2. The van der Waals surface area contributed by atoms with Crippen LogP contribution < -0.4 is 19.5 Å². The van der Waals surface area contributed by atoms with Gasteiger partial charge in [0.1, 0.15) is 11.4 Å². The molecular formula is C20H22N8O4S.